The lowest BCUT2D eigenvalue weighted by Crippen LogP contribution is -2.13. The van der Waals surface area contributed by atoms with Gasteiger partial charge >= 0.3 is 0 Å². The fourth-order valence-corrected chi connectivity index (χ4v) is 2.54. The normalized spacial score (nSPS) is 10.2. The maximum atomic E-state index is 12.3. The lowest BCUT2D eigenvalue weighted by atomic mass is 10.2. The Labute approximate surface area is 138 Å². The Kier molecular flexibility index (Phi) is 5.07. The molecule has 0 aliphatic heterocycles. The Bertz CT molecular complexity index is 662. The van der Waals surface area contributed by atoms with E-state index in [-0.39, 0.29) is 5.91 Å². The van der Waals surface area contributed by atoms with Crippen molar-refractivity contribution in [2.75, 3.05) is 12.4 Å². The van der Waals surface area contributed by atoms with Crippen molar-refractivity contribution in [3.63, 3.8) is 0 Å². The number of methoxy groups -OCH3 is 1. The molecule has 0 spiro atoms. The Morgan fingerprint density at radius 2 is 1.95 bits per heavy atom. The highest BCUT2D eigenvalue weighted by Gasteiger charge is 2.13. The van der Waals surface area contributed by atoms with E-state index in [0.29, 0.717) is 26.5 Å². The van der Waals surface area contributed by atoms with Crippen LogP contribution in [0.2, 0.25) is 5.02 Å². The van der Waals surface area contributed by atoms with Gasteiger partial charge in [0, 0.05) is 15.0 Å². The number of benzene rings is 2. The summed E-state index contributed by atoms with van der Waals surface area (Å²) in [5.41, 5.74) is 1.01. The Morgan fingerprint density at radius 1 is 1.20 bits per heavy atom. The molecule has 0 aliphatic carbocycles. The second-order valence-electron chi connectivity index (χ2n) is 3.92. The highest BCUT2D eigenvalue weighted by molar-refractivity contribution is 9.11. The summed E-state index contributed by atoms with van der Waals surface area (Å²) in [7, 11) is 1.56. The lowest BCUT2D eigenvalue weighted by molar-refractivity contribution is 0.102. The van der Waals surface area contributed by atoms with Crippen LogP contribution in [0.4, 0.5) is 5.69 Å². The Morgan fingerprint density at radius 3 is 2.65 bits per heavy atom. The van der Waals surface area contributed by atoms with E-state index in [1.54, 1.807) is 37.4 Å². The summed E-state index contributed by atoms with van der Waals surface area (Å²) in [5, 5.41) is 3.22. The quantitative estimate of drug-likeness (QED) is 0.749. The van der Waals surface area contributed by atoms with Gasteiger partial charge in [0.15, 0.2) is 0 Å². The summed E-state index contributed by atoms with van der Waals surface area (Å²) in [6, 6.07) is 10.4. The summed E-state index contributed by atoms with van der Waals surface area (Å²) in [6.07, 6.45) is 0. The van der Waals surface area contributed by atoms with Crippen LogP contribution in [-0.2, 0) is 0 Å². The number of amides is 1. The first-order valence-electron chi connectivity index (χ1n) is 5.61. The fourth-order valence-electron chi connectivity index (χ4n) is 1.59. The molecule has 0 radical (unpaired) electrons. The second-order valence-corrected chi connectivity index (χ2v) is 6.10. The van der Waals surface area contributed by atoms with Gasteiger partial charge in [-0.25, -0.2) is 0 Å². The molecule has 0 unspecified atom stereocenters. The molecular formula is C14H10Br2ClNO2. The first-order chi connectivity index (χ1) is 9.51. The van der Waals surface area contributed by atoms with Gasteiger partial charge in [0.1, 0.15) is 5.75 Å². The van der Waals surface area contributed by atoms with E-state index in [1.165, 1.54) is 0 Å². The number of hydrogen-bond acceptors (Lipinski definition) is 2. The number of rotatable bonds is 3. The molecule has 1 N–H and O–H groups in total. The van der Waals surface area contributed by atoms with Crippen LogP contribution in [0.3, 0.4) is 0 Å². The van der Waals surface area contributed by atoms with Crippen molar-refractivity contribution in [2.45, 2.75) is 0 Å². The van der Waals surface area contributed by atoms with E-state index in [4.69, 9.17) is 16.3 Å². The largest absolute Gasteiger partial charge is 0.497 e. The van der Waals surface area contributed by atoms with Gasteiger partial charge in [0.2, 0.25) is 0 Å². The van der Waals surface area contributed by atoms with Crippen molar-refractivity contribution in [1.29, 1.82) is 0 Å². The number of halogens is 3. The van der Waals surface area contributed by atoms with Gasteiger partial charge in [-0.3, -0.25) is 4.79 Å². The third-order valence-electron chi connectivity index (χ3n) is 2.59. The standard InChI is InChI=1S/C14H10Br2ClNO2/c1-20-9-3-5-12(17)13(7-9)18-14(19)10-6-8(15)2-4-11(10)16/h2-7H,1H3,(H,18,19). The Balaban J connectivity index is 2.30. The monoisotopic (exact) mass is 417 g/mol. The van der Waals surface area contributed by atoms with Crippen molar-refractivity contribution in [3.05, 3.63) is 55.9 Å². The maximum Gasteiger partial charge on any atom is 0.256 e. The molecule has 20 heavy (non-hydrogen) atoms. The zero-order valence-corrected chi connectivity index (χ0v) is 14.3. The maximum absolute atomic E-state index is 12.3. The molecule has 2 aromatic rings. The third kappa shape index (κ3) is 3.53. The zero-order chi connectivity index (χ0) is 14.7. The predicted molar refractivity (Wildman–Crippen MR) is 87.8 cm³/mol. The van der Waals surface area contributed by atoms with Crippen LogP contribution >= 0.6 is 43.5 Å². The van der Waals surface area contributed by atoms with Crippen LogP contribution in [-0.4, -0.2) is 13.0 Å². The highest BCUT2D eigenvalue weighted by Crippen LogP contribution is 2.28. The number of anilines is 1. The average molecular weight is 420 g/mol. The number of hydrogen-bond donors (Lipinski definition) is 1. The third-order valence-corrected chi connectivity index (χ3v) is 4.11. The SMILES string of the molecule is COc1ccc(Cl)c(NC(=O)c2cc(Br)ccc2Br)c1. The van der Waals surface area contributed by atoms with E-state index < -0.39 is 0 Å². The summed E-state index contributed by atoms with van der Waals surface area (Å²) < 4.78 is 6.64. The molecule has 0 heterocycles. The van der Waals surface area contributed by atoms with E-state index in [2.05, 4.69) is 37.2 Å². The number of ether oxygens (including phenoxy) is 1. The van der Waals surface area contributed by atoms with E-state index >= 15 is 0 Å². The van der Waals surface area contributed by atoms with E-state index in [9.17, 15) is 4.79 Å². The number of carbonyl (C=O) groups is 1. The lowest BCUT2D eigenvalue weighted by Gasteiger charge is -2.10. The van der Waals surface area contributed by atoms with Gasteiger partial charge < -0.3 is 10.1 Å². The summed E-state index contributed by atoms with van der Waals surface area (Å²) in [5.74, 6) is 0.367. The molecule has 0 aromatic heterocycles. The first kappa shape index (κ1) is 15.4. The van der Waals surface area contributed by atoms with Crippen LogP contribution in [0, 0.1) is 0 Å². The van der Waals surface area contributed by atoms with Crippen LogP contribution in [0.15, 0.2) is 45.3 Å². The minimum Gasteiger partial charge on any atom is -0.497 e. The van der Waals surface area contributed by atoms with E-state index in [0.717, 1.165) is 4.47 Å². The summed E-state index contributed by atoms with van der Waals surface area (Å²) in [6.45, 7) is 0. The second kappa shape index (κ2) is 6.61. The first-order valence-corrected chi connectivity index (χ1v) is 7.57. The molecule has 0 atom stereocenters. The molecule has 0 aliphatic rings. The zero-order valence-electron chi connectivity index (χ0n) is 10.4. The van der Waals surface area contributed by atoms with Crippen molar-refractivity contribution < 1.29 is 9.53 Å². The van der Waals surface area contributed by atoms with Crippen LogP contribution in [0.5, 0.6) is 5.75 Å². The smallest absolute Gasteiger partial charge is 0.256 e. The van der Waals surface area contributed by atoms with Gasteiger partial charge in [-0.15, -0.1) is 0 Å². The molecule has 0 saturated heterocycles. The summed E-state index contributed by atoms with van der Waals surface area (Å²) in [4.78, 5) is 12.3. The minimum absolute atomic E-state index is 0.256. The molecule has 6 heteroatoms. The molecule has 0 fully saturated rings. The van der Waals surface area contributed by atoms with Crippen molar-refractivity contribution in [1.82, 2.24) is 0 Å². The molecule has 2 rings (SSSR count). The van der Waals surface area contributed by atoms with Gasteiger partial charge in [-0.05, 0) is 46.3 Å². The van der Waals surface area contributed by atoms with Crippen molar-refractivity contribution >= 4 is 55.1 Å². The van der Waals surface area contributed by atoms with Crippen LogP contribution < -0.4 is 10.1 Å². The fraction of sp³-hybridized carbons (Fsp3) is 0.0714. The molecule has 0 saturated carbocycles. The number of carbonyl (C=O) groups excluding carboxylic acids is 1. The molecule has 1 amide bonds. The molecular weight excluding hydrogens is 409 g/mol. The van der Waals surface area contributed by atoms with Gasteiger partial charge in [0.05, 0.1) is 23.4 Å². The average Bonchev–Trinajstić information content (AvgIpc) is 2.43. The Hall–Kier alpha value is -1.04. The van der Waals surface area contributed by atoms with Crippen molar-refractivity contribution in [3.8, 4) is 5.75 Å². The predicted octanol–water partition coefficient (Wildman–Crippen LogP) is 5.13. The molecule has 3 nitrogen and oxygen atoms in total. The number of nitrogens with one attached hydrogen (secondary N) is 1. The van der Waals surface area contributed by atoms with Gasteiger partial charge in [-0.2, -0.15) is 0 Å². The van der Waals surface area contributed by atoms with Crippen molar-refractivity contribution in [2.24, 2.45) is 0 Å². The van der Waals surface area contributed by atoms with Crippen LogP contribution in [0.1, 0.15) is 10.4 Å². The van der Waals surface area contributed by atoms with Gasteiger partial charge in [-0.1, -0.05) is 27.5 Å². The molecule has 2 aromatic carbocycles. The van der Waals surface area contributed by atoms with Crippen LogP contribution in [0.25, 0.3) is 0 Å². The minimum atomic E-state index is -0.256. The molecule has 104 valence electrons. The highest BCUT2D eigenvalue weighted by atomic mass is 79.9. The summed E-state index contributed by atoms with van der Waals surface area (Å²) >= 11 is 12.8. The molecule has 0 bridgehead atoms. The topological polar surface area (TPSA) is 38.3 Å². The van der Waals surface area contributed by atoms with E-state index in [1.807, 2.05) is 6.07 Å². The van der Waals surface area contributed by atoms with Gasteiger partial charge in [0.25, 0.3) is 5.91 Å².